The molecule has 1 atom stereocenters. The normalized spacial score (nSPS) is 12.3. The van der Waals surface area contributed by atoms with Crippen molar-refractivity contribution in [1.29, 1.82) is 0 Å². The number of carbonyl (C=O) groups is 1. The van der Waals surface area contributed by atoms with E-state index in [1.165, 1.54) is 32.5 Å². The number of hydrogen-bond donors (Lipinski definition) is 1. The molecule has 0 saturated carbocycles. The van der Waals surface area contributed by atoms with Crippen molar-refractivity contribution >= 4 is 5.91 Å². The minimum atomic E-state index is -4.66. The van der Waals surface area contributed by atoms with Crippen LogP contribution >= 0.6 is 0 Å². The average Bonchev–Trinajstić information content (AvgIpc) is 3.16. The molecule has 0 aliphatic heterocycles. The Morgan fingerprint density at radius 1 is 1.10 bits per heavy atom. The van der Waals surface area contributed by atoms with Gasteiger partial charge in [0.1, 0.15) is 23.4 Å². The van der Waals surface area contributed by atoms with Crippen LogP contribution in [0.5, 0.6) is 11.5 Å². The predicted octanol–water partition coefficient (Wildman–Crippen LogP) is 3.98. The molecule has 0 fully saturated rings. The summed E-state index contributed by atoms with van der Waals surface area (Å²) in [6, 6.07) is 8.77. The molecule has 0 spiro atoms. The first-order chi connectivity index (χ1) is 14.2. The highest BCUT2D eigenvalue weighted by atomic mass is 19.4. The zero-order valence-corrected chi connectivity index (χ0v) is 16.5. The Morgan fingerprint density at radius 2 is 1.73 bits per heavy atom. The van der Waals surface area contributed by atoms with Crippen molar-refractivity contribution < 1.29 is 27.4 Å². The topological polar surface area (TPSA) is 65.4 Å². The Kier molecular flexibility index (Phi) is 6.00. The molecule has 2 aromatic carbocycles. The van der Waals surface area contributed by atoms with Crippen molar-refractivity contribution in [2.75, 3.05) is 14.2 Å². The highest BCUT2D eigenvalue weighted by Crippen LogP contribution is 2.33. The summed E-state index contributed by atoms with van der Waals surface area (Å²) in [5.74, 6) is 0.489. The quantitative estimate of drug-likeness (QED) is 0.657. The Morgan fingerprint density at radius 3 is 2.27 bits per heavy atom. The summed E-state index contributed by atoms with van der Waals surface area (Å²) in [4.78, 5) is 17.2. The van der Waals surface area contributed by atoms with Crippen LogP contribution in [0, 0.1) is 0 Å². The van der Waals surface area contributed by atoms with Crippen LogP contribution in [-0.2, 0) is 13.2 Å². The molecule has 158 valence electrons. The van der Waals surface area contributed by atoms with Crippen LogP contribution in [0.4, 0.5) is 13.2 Å². The van der Waals surface area contributed by atoms with E-state index in [9.17, 15) is 18.0 Å². The maximum absolute atomic E-state index is 13.4. The van der Waals surface area contributed by atoms with Gasteiger partial charge >= 0.3 is 6.18 Å². The fourth-order valence-electron chi connectivity index (χ4n) is 3.09. The lowest BCUT2D eigenvalue weighted by Gasteiger charge is -2.21. The first-order valence-corrected chi connectivity index (χ1v) is 8.92. The number of nitrogens with zero attached hydrogens (tertiary/aromatic N) is 2. The van der Waals surface area contributed by atoms with Crippen molar-refractivity contribution in [3.8, 4) is 11.5 Å². The standard InChI is InChI=1S/C21H20F3N3O3/c1-27-9-8-25-19(27)18(13-10-14(29-2)12-15(11-13)30-3)26-20(28)16-6-4-5-7-17(16)21(22,23)24/h4-12,18H,1-3H3,(H,26,28)/t18-/m1/s1. The largest absolute Gasteiger partial charge is 0.497 e. The van der Waals surface area contributed by atoms with Gasteiger partial charge in [0, 0.05) is 25.5 Å². The van der Waals surface area contributed by atoms with Gasteiger partial charge in [0.2, 0.25) is 0 Å². The minimum absolute atomic E-state index is 0.433. The van der Waals surface area contributed by atoms with E-state index in [-0.39, 0.29) is 0 Å². The zero-order chi connectivity index (χ0) is 21.9. The number of imidazole rings is 1. The van der Waals surface area contributed by atoms with Crippen molar-refractivity contribution in [1.82, 2.24) is 14.9 Å². The van der Waals surface area contributed by atoms with Gasteiger partial charge in [-0.25, -0.2) is 4.98 Å². The SMILES string of the molecule is COc1cc(OC)cc([C@@H](NC(=O)c2ccccc2C(F)(F)F)c2nccn2C)c1. The molecule has 1 amide bonds. The van der Waals surface area contributed by atoms with Crippen LogP contribution in [0.3, 0.4) is 0 Å². The van der Waals surface area contributed by atoms with E-state index in [2.05, 4.69) is 10.3 Å². The van der Waals surface area contributed by atoms with Crippen LogP contribution in [0.15, 0.2) is 54.9 Å². The smallest absolute Gasteiger partial charge is 0.417 e. The number of rotatable bonds is 6. The first-order valence-electron chi connectivity index (χ1n) is 8.92. The second kappa shape index (κ2) is 8.48. The Hall–Kier alpha value is -3.49. The van der Waals surface area contributed by atoms with Gasteiger partial charge < -0.3 is 19.4 Å². The van der Waals surface area contributed by atoms with Crippen molar-refractivity contribution in [2.24, 2.45) is 7.05 Å². The molecule has 0 aliphatic rings. The van der Waals surface area contributed by atoms with Gasteiger partial charge in [0.15, 0.2) is 0 Å². The number of carbonyl (C=O) groups excluding carboxylic acids is 1. The summed E-state index contributed by atoms with van der Waals surface area (Å²) in [5.41, 5.74) is -0.943. The van der Waals surface area contributed by atoms with Crippen molar-refractivity contribution in [2.45, 2.75) is 12.2 Å². The lowest BCUT2D eigenvalue weighted by molar-refractivity contribution is -0.137. The number of halogens is 3. The molecule has 0 unspecified atom stereocenters. The molecule has 0 bridgehead atoms. The minimum Gasteiger partial charge on any atom is -0.497 e. The van der Waals surface area contributed by atoms with Crippen LogP contribution in [0.25, 0.3) is 0 Å². The number of alkyl halides is 3. The molecule has 30 heavy (non-hydrogen) atoms. The number of ether oxygens (including phenoxy) is 2. The summed E-state index contributed by atoms with van der Waals surface area (Å²) in [5, 5.41) is 2.67. The summed E-state index contributed by atoms with van der Waals surface area (Å²) in [6.07, 6.45) is -1.45. The number of nitrogens with one attached hydrogen (secondary N) is 1. The van der Waals surface area contributed by atoms with Crippen LogP contribution < -0.4 is 14.8 Å². The molecule has 0 saturated heterocycles. The molecule has 0 radical (unpaired) electrons. The highest BCUT2D eigenvalue weighted by Gasteiger charge is 2.35. The monoisotopic (exact) mass is 419 g/mol. The van der Waals surface area contributed by atoms with E-state index in [0.29, 0.717) is 22.9 Å². The Balaban J connectivity index is 2.07. The lowest BCUT2D eigenvalue weighted by Crippen LogP contribution is -2.32. The van der Waals surface area contributed by atoms with Gasteiger partial charge in [-0.3, -0.25) is 4.79 Å². The maximum atomic E-state index is 13.4. The number of aryl methyl sites for hydroxylation is 1. The van der Waals surface area contributed by atoms with E-state index in [1.807, 2.05) is 0 Å². The number of aromatic nitrogens is 2. The van der Waals surface area contributed by atoms with Gasteiger partial charge in [0.05, 0.1) is 25.3 Å². The first kappa shape index (κ1) is 21.2. The fourth-order valence-corrected chi connectivity index (χ4v) is 3.09. The number of hydrogen-bond acceptors (Lipinski definition) is 4. The van der Waals surface area contributed by atoms with Crippen LogP contribution in [0.2, 0.25) is 0 Å². The van der Waals surface area contributed by atoms with Crippen molar-refractivity contribution in [3.63, 3.8) is 0 Å². The summed E-state index contributed by atoms with van der Waals surface area (Å²) in [6.45, 7) is 0. The van der Waals surface area contributed by atoms with Crippen molar-refractivity contribution in [3.05, 3.63) is 77.4 Å². The zero-order valence-electron chi connectivity index (χ0n) is 16.5. The lowest BCUT2D eigenvalue weighted by atomic mass is 10.0. The summed E-state index contributed by atoms with van der Waals surface area (Å²) >= 11 is 0. The number of benzene rings is 2. The number of methoxy groups -OCH3 is 2. The highest BCUT2D eigenvalue weighted by molar-refractivity contribution is 5.96. The second-order valence-electron chi connectivity index (χ2n) is 6.49. The van der Waals surface area contributed by atoms with E-state index in [4.69, 9.17) is 9.47 Å². The van der Waals surface area contributed by atoms with Gasteiger partial charge in [-0.15, -0.1) is 0 Å². The molecule has 3 rings (SSSR count). The third-order valence-corrected chi connectivity index (χ3v) is 4.58. The number of amides is 1. The van der Waals surface area contributed by atoms with Crippen LogP contribution in [-0.4, -0.2) is 29.7 Å². The third-order valence-electron chi connectivity index (χ3n) is 4.58. The molecular weight excluding hydrogens is 399 g/mol. The second-order valence-corrected chi connectivity index (χ2v) is 6.49. The average molecular weight is 419 g/mol. The van der Waals surface area contributed by atoms with E-state index in [1.54, 1.807) is 36.0 Å². The van der Waals surface area contributed by atoms with E-state index in [0.717, 1.165) is 12.1 Å². The predicted molar refractivity (Wildman–Crippen MR) is 104 cm³/mol. The van der Waals surface area contributed by atoms with E-state index >= 15 is 0 Å². The van der Waals surface area contributed by atoms with E-state index < -0.39 is 29.3 Å². The van der Waals surface area contributed by atoms with Gasteiger partial charge in [-0.1, -0.05) is 12.1 Å². The van der Waals surface area contributed by atoms with Gasteiger partial charge in [-0.05, 0) is 29.8 Å². The summed E-state index contributed by atoms with van der Waals surface area (Å²) in [7, 11) is 4.68. The third kappa shape index (κ3) is 4.40. The van der Waals surface area contributed by atoms with Gasteiger partial charge in [-0.2, -0.15) is 13.2 Å². The molecule has 1 heterocycles. The molecule has 0 aliphatic carbocycles. The molecule has 6 nitrogen and oxygen atoms in total. The molecular formula is C21H20F3N3O3. The Labute approximate surface area is 171 Å². The molecule has 1 aromatic heterocycles. The molecule has 1 N–H and O–H groups in total. The molecule has 3 aromatic rings. The van der Waals surface area contributed by atoms with Gasteiger partial charge in [0.25, 0.3) is 5.91 Å². The maximum Gasteiger partial charge on any atom is 0.417 e. The summed E-state index contributed by atoms with van der Waals surface area (Å²) < 4.78 is 52.4. The Bertz CT molecular complexity index is 1020. The van der Waals surface area contributed by atoms with Crippen LogP contribution in [0.1, 0.15) is 33.4 Å². The molecule has 9 heteroatoms. The fraction of sp³-hybridized carbons (Fsp3) is 0.238.